The Bertz CT molecular complexity index is 391. The Kier molecular flexibility index (Phi) is 3.74. The Hall–Kier alpha value is -1.42. The van der Waals surface area contributed by atoms with Crippen LogP contribution in [0.25, 0.3) is 0 Å². The molecular formula is C13H17FN2O. The molecule has 0 aliphatic carbocycles. The average Bonchev–Trinajstić information content (AvgIpc) is 2.32. The van der Waals surface area contributed by atoms with Crippen molar-refractivity contribution in [3.63, 3.8) is 0 Å². The van der Waals surface area contributed by atoms with E-state index in [1.165, 1.54) is 12.1 Å². The average molecular weight is 236 g/mol. The summed E-state index contributed by atoms with van der Waals surface area (Å²) in [6.45, 7) is 4.41. The van der Waals surface area contributed by atoms with Gasteiger partial charge in [0, 0.05) is 25.7 Å². The molecule has 0 spiro atoms. The predicted molar refractivity (Wildman–Crippen MR) is 64.1 cm³/mol. The van der Waals surface area contributed by atoms with Crippen LogP contribution in [0.1, 0.15) is 12.5 Å². The summed E-state index contributed by atoms with van der Waals surface area (Å²) >= 11 is 0. The van der Waals surface area contributed by atoms with Gasteiger partial charge in [-0.15, -0.1) is 0 Å². The molecule has 1 fully saturated rings. The van der Waals surface area contributed by atoms with Crippen LogP contribution in [-0.4, -0.2) is 36.5 Å². The molecule has 0 radical (unpaired) electrons. The van der Waals surface area contributed by atoms with E-state index in [9.17, 15) is 9.18 Å². The number of amides is 1. The lowest BCUT2D eigenvalue weighted by molar-refractivity contribution is -0.131. The van der Waals surface area contributed by atoms with Gasteiger partial charge in [-0.3, -0.25) is 4.79 Å². The minimum absolute atomic E-state index is 0.116. The maximum Gasteiger partial charge on any atom is 0.227 e. The summed E-state index contributed by atoms with van der Waals surface area (Å²) in [4.78, 5) is 13.9. The molecule has 1 atom stereocenters. The minimum atomic E-state index is -0.267. The van der Waals surface area contributed by atoms with Gasteiger partial charge in [0.05, 0.1) is 6.42 Å². The summed E-state index contributed by atoms with van der Waals surface area (Å²) in [6.07, 6.45) is 0.354. The van der Waals surface area contributed by atoms with Crippen LogP contribution in [0.3, 0.4) is 0 Å². The van der Waals surface area contributed by atoms with Crippen molar-refractivity contribution in [1.29, 1.82) is 0 Å². The first-order valence-electron chi connectivity index (χ1n) is 5.91. The predicted octanol–water partition coefficient (Wildman–Crippen LogP) is 1.19. The zero-order valence-electron chi connectivity index (χ0n) is 9.95. The second-order valence-electron chi connectivity index (χ2n) is 4.50. The van der Waals surface area contributed by atoms with Crippen molar-refractivity contribution < 1.29 is 9.18 Å². The van der Waals surface area contributed by atoms with Crippen molar-refractivity contribution in [2.75, 3.05) is 19.6 Å². The SMILES string of the molecule is CC1CN(C(=O)Cc2ccc(F)cc2)CCN1. The van der Waals surface area contributed by atoms with Gasteiger partial charge in [-0.2, -0.15) is 0 Å². The van der Waals surface area contributed by atoms with Gasteiger partial charge in [0.15, 0.2) is 0 Å². The van der Waals surface area contributed by atoms with E-state index >= 15 is 0 Å². The fourth-order valence-electron chi connectivity index (χ4n) is 2.05. The van der Waals surface area contributed by atoms with Crippen molar-refractivity contribution in [2.24, 2.45) is 0 Å². The van der Waals surface area contributed by atoms with Crippen molar-refractivity contribution in [3.05, 3.63) is 35.6 Å². The molecule has 2 rings (SSSR count). The van der Waals surface area contributed by atoms with E-state index < -0.39 is 0 Å². The Balaban J connectivity index is 1.94. The monoisotopic (exact) mass is 236 g/mol. The van der Waals surface area contributed by atoms with E-state index in [1.807, 2.05) is 4.90 Å². The van der Waals surface area contributed by atoms with Gasteiger partial charge in [0.25, 0.3) is 0 Å². The molecule has 1 amide bonds. The van der Waals surface area contributed by atoms with Crippen LogP contribution in [0.15, 0.2) is 24.3 Å². The van der Waals surface area contributed by atoms with Gasteiger partial charge in [0.1, 0.15) is 5.82 Å². The Labute approximate surface area is 101 Å². The molecule has 1 aliphatic heterocycles. The molecule has 1 N–H and O–H groups in total. The summed E-state index contributed by atoms with van der Waals surface area (Å²) in [6, 6.07) is 6.46. The maximum absolute atomic E-state index is 12.7. The lowest BCUT2D eigenvalue weighted by Crippen LogP contribution is -2.51. The zero-order chi connectivity index (χ0) is 12.3. The Morgan fingerprint density at radius 2 is 2.18 bits per heavy atom. The summed E-state index contributed by atoms with van der Waals surface area (Å²) in [5.41, 5.74) is 0.864. The van der Waals surface area contributed by atoms with Crippen molar-refractivity contribution in [2.45, 2.75) is 19.4 Å². The first kappa shape index (κ1) is 12.0. The number of nitrogens with one attached hydrogen (secondary N) is 1. The molecule has 1 aliphatic rings. The first-order chi connectivity index (χ1) is 8.15. The fourth-order valence-corrected chi connectivity index (χ4v) is 2.05. The normalized spacial score (nSPS) is 20.4. The molecule has 1 saturated heterocycles. The summed E-state index contributed by atoms with van der Waals surface area (Å²) in [5, 5.41) is 3.29. The smallest absolute Gasteiger partial charge is 0.227 e. The van der Waals surface area contributed by atoms with Crippen LogP contribution in [-0.2, 0) is 11.2 Å². The summed E-state index contributed by atoms with van der Waals surface area (Å²) in [7, 11) is 0. The van der Waals surface area contributed by atoms with Crippen LogP contribution >= 0.6 is 0 Å². The Morgan fingerprint density at radius 3 is 2.82 bits per heavy atom. The quantitative estimate of drug-likeness (QED) is 0.836. The standard InChI is InChI=1S/C13H17FN2O/c1-10-9-16(7-6-15-10)13(17)8-11-2-4-12(14)5-3-11/h2-5,10,15H,6-9H2,1H3. The number of halogens is 1. The Morgan fingerprint density at radius 1 is 1.47 bits per heavy atom. The van der Waals surface area contributed by atoms with E-state index in [0.29, 0.717) is 12.5 Å². The lowest BCUT2D eigenvalue weighted by atomic mass is 10.1. The molecule has 17 heavy (non-hydrogen) atoms. The highest BCUT2D eigenvalue weighted by atomic mass is 19.1. The molecule has 4 heteroatoms. The molecule has 1 heterocycles. The van der Waals surface area contributed by atoms with Crippen molar-refractivity contribution in [1.82, 2.24) is 10.2 Å². The van der Waals surface area contributed by atoms with Gasteiger partial charge < -0.3 is 10.2 Å². The van der Waals surface area contributed by atoms with Crippen molar-refractivity contribution >= 4 is 5.91 Å². The van der Waals surface area contributed by atoms with Crippen LogP contribution < -0.4 is 5.32 Å². The number of hydrogen-bond acceptors (Lipinski definition) is 2. The molecule has 1 aromatic carbocycles. The topological polar surface area (TPSA) is 32.3 Å². The highest BCUT2D eigenvalue weighted by Gasteiger charge is 2.20. The molecule has 0 saturated carbocycles. The van der Waals surface area contributed by atoms with E-state index in [1.54, 1.807) is 12.1 Å². The summed E-state index contributed by atoms with van der Waals surface area (Å²) in [5.74, 6) is -0.151. The molecule has 1 aromatic rings. The molecule has 92 valence electrons. The van der Waals surface area contributed by atoms with E-state index in [2.05, 4.69) is 12.2 Å². The largest absolute Gasteiger partial charge is 0.340 e. The van der Waals surface area contributed by atoms with Gasteiger partial charge in [0.2, 0.25) is 5.91 Å². The number of piperazine rings is 1. The zero-order valence-corrected chi connectivity index (χ0v) is 9.95. The van der Waals surface area contributed by atoms with Crippen LogP contribution in [0.5, 0.6) is 0 Å². The molecular weight excluding hydrogens is 219 g/mol. The number of carbonyl (C=O) groups excluding carboxylic acids is 1. The van der Waals surface area contributed by atoms with Gasteiger partial charge in [-0.1, -0.05) is 12.1 Å². The lowest BCUT2D eigenvalue weighted by Gasteiger charge is -2.32. The van der Waals surface area contributed by atoms with E-state index in [-0.39, 0.29) is 11.7 Å². The molecule has 0 aromatic heterocycles. The fraction of sp³-hybridized carbons (Fsp3) is 0.462. The van der Waals surface area contributed by atoms with Crippen molar-refractivity contribution in [3.8, 4) is 0 Å². The van der Waals surface area contributed by atoms with E-state index in [0.717, 1.165) is 25.2 Å². The minimum Gasteiger partial charge on any atom is -0.340 e. The summed E-state index contributed by atoms with van der Waals surface area (Å²) < 4.78 is 12.7. The third-order valence-electron chi connectivity index (χ3n) is 2.99. The number of hydrogen-bond donors (Lipinski definition) is 1. The third-order valence-corrected chi connectivity index (χ3v) is 2.99. The van der Waals surface area contributed by atoms with Gasteiger partial charge in [-0.05, 0) is 24.6 Å². The van der Waals surface area contributed by atoms with Gasteiger partial charge in [-0.25, -0.2) is 4.39 Å². The third kappa shape index (κ3) is 3.27. The number of nitrogens with zero attached hydrogens (tertiary/aromatic N) is 1. The molecule has 3 nitrogen and oxygen atoms in total. The molecule has 1 unspecified atom stereocenters. The first-order valence-corrected chi connectivity index (χ1v) is 5.91. The maximum atomic E-state index is 12.7. The highest BCUT2D eigenvalue weighted by Crippen LogP contribution is 2.07. The number of benzene rings is 1. The second kappa shape index (κ2) is 5.27. The van der Waals surface area contributed by atoms with Crippen LogP contribution in [0.4, 0.5) is 4.39 Å². The second-order valence-corrected chi connectivity index (χ2v) is 4.50. The van der Waals surface area contributed by atoms with E-state index in [4.69, 9.17) is 0 Å². The van der Waals surface area contributed by atoms with Crippen LogP contribution in [0, 0.1) is 5.82 Å². The van der Waals surface area contributed by atoms with Crippen LogP contribution in [0.2, 0.25) is 0 Å². The highest BCUT2D eigenvalue weighted by molar-refractivity contribution is 5.78. The molecule has 0 bridgehead atoms. The number of rotatable bonds is 2. The number of carbonyl (C=O) groups is 1. The van der Waals surface area contributed by atoms with Gasteiger partial charge >= 0.3 is 0 Å².